The van der Waals surface area contributed by atoms with Gasteiger partial charge in [0.25, 0.3) is 0 Å². The van der Waals surface area contributed by atoms with Crippen LogP contribution in [0.25, 0.3) is 0 Å². The minimum absolute atomic E-state index is 0.0257. The standard InChI is InChI=1S/C15H21FN2O2/c1-3-5-11-18(10-4-2)15(20)14(19)17-13-9-7-6-8-12(13)16/h6-9H,3-5,10-11H2,1-2H3,(H,17,19). The van der Waals surface area contributed by atoms with Gasteiger partial charge in [0.15, 0.2) is 0 Å². The highest BCUT2D eigenvalue weighted by molar-refractivity contribution is 6.39. The molecule has 1 rings (SSSR count). The van der Waals surface area contributed by atoms with Gasteiger partial charge in [-0.25, -0.2) is 4.39 Å². The molecule has 0 atom stereocenters. The second kappa shape index (κ2) is 8.30. The minimum Gasteiger partial charge on any atom is -0.334 e. The average molecular weight is 280 g/mol. The van der Waals surface area contributed by atoms with Crippen LogP contribution in [0, 0.1) is 5.82 Å². The lowest BCUT2D eigenvalue weighted by molar-refractivity contribution is -0.143. The van der Waals surface area contributed by atoms with E-state index in [1.54, 1.807) is 6.07 Å². The summed E-state index contributed by atoms with van der Waals surface area (Å²) in [4.78, 5) is 25.4. The van der Waals surface area contributed by atoms with E-state index in [0.29, 0.717) is 13.1 Å². The summed E-state index contributed by atoms with van der Waals surface area (Å²) in [5.74, 6) is -1.95. The number of nitrogens with one attached hydrogen (secondary N) is 1. The maximum Gasteiger partial charge on any atom is 0.313 e. The zero-order chi connectivity index (χ0) is 15.0. The Labute approximate surface area is 119 Å². The van der Waals surface area contributed by atoms with Gasteiger partial charge in [0.1, 0.15) is 5.82 Å². The number of rotatable bonds is 6. The fraction of sp³-hybridized carbons (Fsp3) is 0.467. The van der Waals surface area contributed by atoms with Crippen molar-refractivity contribution in [2.75, 3.05) is 18.4 Å². The summed E-state index contributed by atoms with van der Waals surface area (Å²) in [7, 11) is 0. The summed E-state index contributed by atoms with van der Waals surface area (Å²) in [5, 5.41) is 2.32. The number of nitrogens with zero attached hydrogens (tertiary/aromatic N) is 1. The first-order chi connectivity index (χ1) is 9.60. The van der Waals surface area contributed by atoms with Crippen molar-refractivity contribution >= 4 is 17.5 Å². The Kier molecular flexibility index (Phi) is 6.70. The zero-order valence-corrected chi connectivity index (χ0v) is 12.0. The Bertz CT molecular complexity index is 463. The Morgan fingerprint density at radius 3 is 2.45 bits per heavy atom. The monoisotopic (exact) mass is 280 g/mol. The number of hydrogen-bond acceptors (Lipinski definition) is 2. The summed E-state index contributed by atoms with van der Waals surface area (Å²) in [6.45, 7) is 5.05. The van der Waals surface area contributed by atoms with E-state index in [-0.39, 0.29) is 5.69 Å². The maximum absolute atomic E-state index is 13.4. The van der Waals surface area contributed by atoms with Crippen molar-refractivity contribution in [3.63, 3.8) is 0 Å². The van der Waals surface area contributed by atoms with Gasteiger partial charge in [-0.15, -0.1) is 0 Å². The van der Waals surface area contributed by atoms with Gasteiger partial charge in [0.2, 0.25) is 0 Å². The van der Waals surface area contributed by atoms with Crippen molar-refractivity contribution in [3.05, 3.63) is 30.1 Å². The van der Waals surface area contributed by atoms with Crippen molar-refractivity contribution in [3.8, 4) is 0 Å². The van der Waals surface area contributed by atoms with Crippen LogP contribution in [0.4, 0.5) is 10.1 Å². The highest BCUT2D eigenvalue weighted by atomic mass is 19.1. The van der Waals surface area contributed by atoms with Gasteiger partial charge >= 0.3 is 11.8 Å². The molecule has 1 N–H and O–H groups in total. The molecule has 0 heterocycles. The molecule has 110 valence electrons. The molecule has 0 radical (unpaired) electrons. The van der Waals surface area contributed by atoms with Crippen LogP contribution in [-0.2, 0) is 9.59 Å². The van der Waals surface area contributed by atoms with Gasteiger partial charge < -0.3 is 10.2 Å². The fourth-order valence-electron chi connectivity index (χ4n) is 1.82. The van der Waals surface area contributed by atoms with Crippen LogP contribution in [0.2, 0.25) is 0 Å². The van der Waals surface area contributed by atoms with Gasteiger partial charge in [-0.3, -0.25) is 9.59 Å². The van der Waals surface area contributed by atoms with E-state index in [1.807, 2.05) is 13.8 Å². The topological polar surface area (TPSA) is 49.4 Å². The number of anilines is 1. The molecule has 0 saturated heterocycles. The van der Waals surface area contributed by atoms with Crippen molar-refractivity contribution in [1.29, 1.82) is 0 Å². The lowest BCUT2D eigenvalue weighted by atomic mass is 10.2. The molecular weight excluding hydrogens is 259 g/mol. The molecule has 20 heavy (non-hydrogen) atoms. The van der Waals surface area contributed by atoms with Gasteiger partial charge in [-0.05, 0) is 25.0 Å². The van der Waals surface area contributed by atoms with Crippen molar-refractivity contribution in [1.82, 2.24) is 4.90 Å². The number of halogens is 1. The van der Waals surface area contributed by atoms with Gasteiger partial charge in [0.05, 0.1) is 5.69 Å². The van der Waals surface area contributed by atoms with Crippen molar-refractivity contribution in [2.24, 2.45) is 0 Å². The number of benzene rings is 1. The summed E-state index contributed by atoms with van der Waals surface area (Å²) >= 11 is 0. The van der Waals surface area contributed by atoms with Crippen LogP contribution >= 0.6 is 0 Å². The van der Waals surface area contributed by atoms with Crippen molar-refractivity contribution < 1.29 is 14.0 Å². The fourth-order valence-corrected chi connectivity index (χ4v) is 1.82. The van der Waals surface area contributed by atoms with E-state index in [0.717, 1.165) is 19.3 Å². The normalized spacial score (nSPS) is 10.2. The Hall–Kier alpha value is -1.91. The Morgan fingerprint density at radius 1 is 1.15 bits per heavy atom. The molecule has 0 aliphatic rings. The molecule has 0 aliphatic carbocycles. The minimum atomic E-state index is -0.792. The SMILES string of the molecule is CCCCN(CCC)C(=O)C(=O)Nc1ccccc1F. The van der Waals surface area contributed by atoms with Crippen LogP contribution in [0.1, 0.15) is 33.1 Å². The summed E-state index contributed by atoms with van der Waals surface area (Å²) in [6.07, 6.45) is 2.57. The molecule has 0 saturated carbocycles. The molecule has 0 fully saturated rings. The van der Waals surface area contributed by atoms with E-state index in [4.69, 9.17) is 0 Å². The van der Waals surface area contributed by atoms with Gasteiger partial charge in [-0.1, -0.05) is 32.4 Å². The predicted octanol–water partition coefficient (Wildman–Crippen LogP) is 2.80. The predicted molar refractivity (Wildman–Crippen MR) is 76.8 cm³/mol. The third kappa shape index (κ3) is 4.64. The molecule has 4 nitrogen and oxygen atoms in total. The second-order valence-corrected chi connectivity index (χ2v) is 4.58. The van der Waals surface area contributed by atoms with E-state index in [9.17, 15) is 14.0 Å². The van der Waals surface area contributed by atoms with E-state index in [1.165, 1.54) is 23.1 Å². The summed E-state index contributed by atoms with van der Waals surface area (Å²) in [5.41, 5.74) is 0.0257. The Balaban J connectivity index is 2.69. The lowest BCUT2D eigenvalue weighted by Crippen LogP contribution is -2.40. The molecule has 1 aromatic carbocycles. The van der Waals surface area contributed by atoms with E-state index >= 15 is 0 Å². The molecule has 2 amide bonds. The van der Waals surface area contributed by atoms with Crippen LogP contribution in [0.5, 0.6) is 0 Å². The molecule has 0 aromatic heterocycles. The smallest absolute Gasteiger partial charge is 0.313 e. The number of hydrogen-bond donors (Lipinski definition) is 1. The largest absolute Gasteiger partial charge is 0.334 e. The quantitative estimate of drug-likeness (QED) is 0.815. The molecular formula is C15H21FN2O2. The van der Waals surface area contributed by atoms with Crippen LogP contribution in [-0.4, -0.2) is 29.8 Å². The third-order valence-corrected chi connectivity index (χ3v) is 2.88. The molecule has 1 aromatic rings. The van der Waals surface area contributed by atoms with Gasteiger partial charge in [0, 0.05) is 13.1 Å². The summed E-state index contributed by atoms with van der Waals surface area (Å²) < 4.78 is 13.4. The first-order valence-electron chi connectivity index (χ1n) is 6.94. The average Bonchev–Trinajstić information content (AvgIpc) is 2.45. The number of para-hydroxylation sites is 1. The maximum atomic E-state index is 13.4. The molecule has 0 spiro atoms. The van der Waals surface area contributed by atoms with Crippen molar-refractivity contribution in [2.45, 2.75) is 33.1 Å². The Morgan fingerprint density at radius 2 is 1.85 bits per heavy atom. The first-order valence-corrected chi connectivity index (χ1v) is 6.94. The molecule has 0 aliphatic heterocycles. The zero-order valence-electron chi connectivity index (χ0n) is 12.0. The van der Waals surface area contributed by atoms with Crippen LogP contribution in [0.3, 0.4) is 0 Å². The molecule has 5 heteroatoms. The number of amides is 2. The number of carbonyl (C=O) groups excluding carboxylic acids is 2. The third-order valence-electron chi connectivity index (χ3n) is 2.88. The lowest BCUT2D eigenvalue weighted by Gasteiger charge is -2.21. The first kappa shape index (κ1) is 16.1. The molecule has 0 bridgehead atoms. The van der Waals surface area contributed by atoms with Crippen LogP contribution < -0.4 is 5.32 Å². The van der Waals surface area contributed by atoms with E-state index in [2.05, 4.69) is 5.32 Å². The highest BCUT2D eigenvalue weighted by Gasteiger charge is 2.21. The highest BCUT2D eigenvalue weighted by Crippen LogP contribution is 2.12. The number of unbranched alkanes of at least 4 members (excludes halogenated alkanes) is 1. The van der Waals surface area contributed by atoms with E-state index < -0.39 is 17.6 Å². The number of carbonyl (C=O) groups is 2. The van der Waals surface area contributed by atoms with Crippen LogP contribution in [0.15, 0.2) is 24.3 Å². The van der Waals surface area contributed by atoms with Gasteiger partial charge in [-0.2, -0.15) is 0 Å². The molecule has 0 unspecified atom stereocenters. The second-order valence-electron chi connectivity index (χ2n) is 4.58. The summed E-state index contributed by atoms with van der Waals surface area (Å²) in [6, 6.07) is 5.79.